The Morgan fingerprint density at radius 3 is 2.54 bits per heavy atom. The van der Waals surface area contributed by atoms with Crippen LogP contribution in [0.25, 0.3) is 27.9 Å². The third-order valence-corrected chi connectivity index (χ3v) is 5.37. The standard InChI is InChI=1S/C18H16N5O2S/c1-3-22-11-14(10-20-22)16-8-9-23-18(19-12-21-23)17(16)13-4-6-15(7-5-13)26(2,24)25/h4-11H,3H2,1-2H3. The predicted octanol–water partition coefficient (Wildman–Crippen LogP) is 2.48. The summed E-state index contributed by atoms with van der Waals surface area (Å²) in [5.41, 5.74) is 4.27. The zero-order valence-electron chi connectivity index (χ0n) is 14.3. The number of fused-ring (bicyclic) bond motifs is 1. The molecule has 26 heavy (non-hydrogen) atoms. The Morgan fingerprint density at radius 2 is 1.88 bits per heavy atom. The molecule has 3 aromatic heterocycles. The van der Waals surface area contributed by atoms with Gasteiger partial charge in [-0.05, 0) is 36.2 Å². The van der Waals surface area contributed by atoms with E-state index in [4.69, 9.17) is 0 Å². The smallest absolute Gasteiger partial charge is 0.221 e. The fourth-order valence-corrected chi connectivity index (χ4v) is 3.54. The van der Waals surface area contributed by atoms with Gasteiger partial charge in [0.15, 0.2) is 15.5 Å². The molecule has 4 rings (SSSR count). The molecule has 0 fully saturated rings. The van der Waals surface area contributed by atoms with Gasteiger partial charge in [0, 0.05) is 36.3 Å². The average Bonchev–Trinajstić information content (AvgIpc) is 3.29. The Kier molecular flexibility index (Phi) is 3.84. The van der Waals surface area contributed by atoms with Crippen molar-refractivity contribution in [3.63, 3.8) is 0 Å². The summed E-state index contributed by atoms with van der Waals surface area (Å²) in [4.78, 5) is 4.54. The normalized spacial score (nSPS) is 11.9. The molecule has 0 saturated carbocycles. The maximum atomic E-state index is 11.7. The fraction of sp³-hybridized carbons (Fsp3) is 0.167. The zero-order chi connectivity index (χ0) is 18.3. The first kappa shape index (κ1) is 16.5. The van der Waals surface area contributed by atoms with E-state index < -0.39 is 9.84 Å². The molecule has 7 nitrogen and oxygen atoms in total. The maximum Gasteiger partial charge on any atom is 0.221 e. The van der Waals surface area contributed by atoms with Crippen LogP contribution in [-0.4, -0.2) is 39.1 Å². The second-order valence-electron chi connectivity index (χ2n) is 5.97. The molecule has 0 aliphatic carbocycles. The number of nitrogens with zero attached hydrogens (tertiary/aromatic N) is 5. The van der Waals surface area contributed by atoms with Crippen LogP contribution in [0.2, 0.25) is 0 Å². The quantitative estimate of drug-likeness (QED) is 0.554. The highest BCUT2D eigenvalue weighted by atomic mass is 32.2. The first-order valence-corrected chi connectivity index (χ1v) is 9.95. The van der Waals surface area contributed by atoms with Crippen LogP contribution in [0.4, 0.5) is 0 Å². The molecule has 0 saturated heterocycles. The van der Waals surface area contributed by atoms with Crippen molar-refractivity contribution in [2.75, 3.05) is 6.26 Å². The summed E-state index contributed by atoms with van der Waals surface area (Å²) in [6.07, 6.45) is 9.43. The van der Waals surface area contributed by atoms with Gasteiger partial charge in [-0.2, -0.15) is 5.10 Å². The van der Waals surface area contributed by atoms with Crippen molar-refractivity contribution >= 4 is 15.5 Å². The summed E-state index contributed by atoms with van der Waals surface area (Å²) in [5.74, 6) is 0. The number of benzene rings is 1. The van der Waals surface area contributed by atoms with Gasteiger partial charge in [-0.25, -0.2) is 17.9 Å². The molecule has 0 aliphatic heterocycles. The summed E-state index contributed by atoms with van der Waals surface area (Å²) in [7, 11) is -3.25. The van der Waals surface area contributed by atoms with E-state index in [-0.39, 0.29) is 4.90 Å². The van der Waals surface area contributed by atoms with Gasteiger partial charge in [-0.15, -0.1) is 5.10 Å². The molecule has 0 spiro atoms. The first-order chi connectivity index (χ1) is 12.5. The molecule has 0 atom stereocenters. The maximum absolute atomic E-state index is 11.7. The SMILES string of the molecule is CCn1cc(-c2ccn3n[c]nc3c2-c2ccc(S(C)(=O)=O)cc2)cn1. The topological polar surface area (TPSA) is 82.2 Å². The van der Waals surface area contributed by atoms with Crippen molar-refractivity contribution < 1.29 is 8.42 Å². The molecule has 3 heterocycles. The summed E-state index contributed by atoms with van der Waals surface area (Å²) in [6.45, 7) is 2.80. The Hall–Kier alpha value is -3.00. The van der Waals surface area contributed by atoms with Gasteiger partial charge in [-0.1, -0.05) is 12.1 Å². The molecule has 0 unspecified atom stereocenters. The van der Waals surface area contributed by atoms with Crippen LogP contribution in [0.3, 0.4) is 0 Å². The molecule has 1 aromatic carbocycles. The van der Waals surface area contributed by atoms with E-state index in [1.165, 1.54) is 6.26 Å². The van der Waals surface area contributed by atoms with Crippen molar-refractivity contribution in [3.05, 3.63) is 55.2 Å². The minimum absolute atomic E-state index is 0.279. The monoisotopic (exact) mass is 366 g/mol. The molecule has 1 radical (unpaired) electrons. The van der Waals surface area contributed by atoms with Gasteiger partial charge in [0.2, 0.25) is 6.33 Å². The first-order valence-electron chi connectivity index (χ1n) is 8.06. The van der Waals surface area contributed by atoms with Gasteiger partial charge in [0.1, 0.15) is 0 Å². The molecular formula is C18H16N5O2S. The number of pyridine rings is 1. The van der Waals surface area contributed by atoms with Crippen LogP contribution in [0.15, 0.2) is 53.8 Å². The van der Waals surface area contributed by atoms with Gasteiger partial charge in [-0.3, -0.25) is 4.68 Å². The third-order valence-electron chi connectivity index (χ3n) is 4.24. The minimum Gasteiger partial charge on any atom is -0.272 e. The lowest BCUT2D eigenvalue weighted by molar-refractivity contribution is 0.602. The van der Waals surface area contributed by atoms with E-state index in [1.54, 1.807) is 28.8 Å². The van der Waals surface area contributed by atoms with Crippen molar-refractivity contribution in [2.45, 2.75) is 18.4 Å². The van der Waals surface area contributed by atoms with Crippen LogP contribution in [0, 0.1) is 6.33 Å². The van der Waals surface area contributed by atoms with Crippen molar-refractivity contribution in [1.29, 1.82) is 0 Å². The predicted molar refractivity (Wildman–Crippen MR) is 97.3 cm³/mol. The highest BCUT2D eigenvalue weighted by Gasteiger charge is 2.16. The second-order valence-corrected chi connectivity index (χ2v) is 7.98. The van der Waals surface area contributed by atoms with Crippen molar-refractivity contribution in [1.82, 2.24) is 24.4 Å². The van der Waals surface area contributed by atoms with E-state index in [9.17, 15) is 8.42 Å². The lowest BCUT2D eigenvalue weighted by Gasteiger charge is -2.10. The molecule has 131 valence electrons. The van der Waals surface area contributed by atoms with Crippen LogP contribution < -0.4 is 0 Å². The lowest BCUT2D eigenvalue weighted by atomic mass is 9.98. The largest absolute Gasteiger partial charge is 0.272 e. The van der Waals surface area contributed by atoms with Crippen LogP contribution in [0.5, 0.6) is 0 Å². The Bertz CT molecular complexity index is 1190. The van der Waals surface area contributed by atoms with Crippen LogP contribution >= 0.6 is 0 Å². The van der Waals surface area contributed by atoms with E-state index in [0.717, 1.165) is 28.8 Å². The minimum atomic E-state index is -3.25. The summed E-state index contributed by atoms with van der Waals surface area (Å²) < 4.78 is 27.0. The highest BCUT2D eigenvalue weighted by Crippen LogP contribution is 2.34. The molecule has 4 aromatic rings. The van der Waals surface area contributed by atoms with Crippen LogP contribution in [-0.2, 0) is 16.4 Å². The van der Waals surface area contributed by atoms with Gasteiger partial charge in [0.25, 0.3) is 0 Å². The second kappa shape index (κ2) is 6.06. The lowest BCUT2D eigenvalue weighted by Crippen LogP contribution is -1.97. The van der Waals surface area contributed by atoms with E-state index in [0.29, 0.717) is 5.65 Å². The molecule has 0 aliphatic rings. The summed E-state index contributed by atoms with van der Waals surface area (Å²) >= 11 is 0. The van der Waals surface area contributed by atoms with E-state index in [1.807, 2.05) is 36.3 Å². The molecule has 8 heteroatoms. The fourth-order valence-electron chi connectivity index (χ4n) is 2.91. The average molecular weight is 366 g/mol. The number of aromatic nitrogens is 5. The number of aryl methyl sites for hydroxylation is 1. The molecule has 0 N–H and O–H groups in total. The Labute approximate surface area is 150 Å². The van der Waals surface area contributed by atoms with Crippen molar-refractivity contribution in [2.24, 2.45) is 0 Å². The summed E-state index contributed by atoms with van der Waals surface area (Å²) in [5, 5.41) is 8.43. The number of hydrogen-bond donors (Lipinski definition) is 0. The van der Waals surface area contributed by atoms with E-state index in [2.05, 4.69) is 21.5 Å². The van der Waals surface area contributed by atoms with Gasteiger partial charge in [0.05, 0.1) is 11.1 Å². The zero-order valence-corrected chi connectivity index (χ0v) is 15.1. The highest BCUT2D eigenvalue weighted by molar-refractivity contribution is 7.90. The molecule has 0 bridgehead atoms. The third kappa shape index (κ3) is 2.78. The number of sulfone groups is 1. The van der Waals surface area contributed by atoms with E-state index >= 15 is 0 Å². The Balaban J connectivity index is 1.95. The van der Waals surface area contributed by atoms with Gasteiger partial charge < -0.3 is 0 Å². The van der Waals surface area contributed by atoms with Crippen molar-refractivity contribution in [3.8, 4) is 22.3 Å². The number of hydrogen-bond acceptors (Lipinski definition) is 5. The molecular weight excluding hydrogens is 350 g/mol. The summed E-state index contributed by atoms with van der Waals surface area (Å²) in [6, 6.07) is 8.73. The number of rotatable bonds is 4. The molecule has 0 amide bonds. The van der Waals surface area contributed by atoms with Crippen LogP contribution in [0.1, 0.15) is 6.92 Å². The Morgan fingerprint density at radius 1 is 1.12 bits per heavy atom. The van der Waals surface area contributed by atoms with Gasteiger partial charge >= 0.3 is 0 Å².